The summed E-state index contributed by atoms with van der Waals surface area (Å²) in [5.41, 5.74) is 0. The zero-order chi connectivity index (χ0) is 9.40. The zero-order valence-corrected chi connectivity index (χ0v) is 7.40. The number of nitriles is 1. The van der Waals surface area contributed by atoms with E-state index >= 15 is 0 Å². The molecule has 0 saturated carbocycles. The highest BCUT2D eigenvalue weighted by Crippen LogP contribution is 2.01. The van der Waals surface area contributed by atoms with Crippen LogP contribution in [0.5, 0.6) is 0 Å². The molecule has 1 atom stereocenters. The van der Waals surface area contributed by atoms with Crippen molar-refractivity contribution in [2.45, 2.75) is 19.4 Å². The first-order valence-corrected chi connectivity index (χ1v) is 4.09. The second kappa shape index (κ2) is 7.04. The van der Waals surface area contributed by atoms with Crippen LogP contribution in [0.4, 0.5) is 0 Å². The lowest BCUT2D eigenvalue weighted by molar-refractivity contribution is 0.130. The summed E-state index contributed by atoms with van der Waals surface area (Å²) in [6.07, 6.45) is 0.431. The van der Waals surface area contributed by atoms with Gasteiger partial charge >= 0.3 is 0 Å². The molecular weight excluding hydrogens is 156 g/mol. The first-order chi connectivity index (χ1) is 5.76. The topological polar surface area (TPSA) is 67.5 Å². The van der Waals surface area contributed by atoms with Crippen molar-refractivity contribution in [3.63, 3.8) is 0 Å². The zero-order valence-electron chi connectivity index (χ0n) is 7.40. The highest BCUT2D eigenvalue weighted by molar-refractivity contribution is 4.79. The largest absolute Gasteiger partial charge is 0.395 e. The molecule has 0 aromatic heterocycles. The van der Waals surface area contributed by atoms with Crippen molar-refractivity contribution in [1.29, 1.82) is 5.26 Å². The van der Waals surface area contributed by atoms with Crippen molar-refractivity contribution in [3.8, 4) is 6.07 Å². The van der Waals surface area contributed by atoms with Gasteiger partial charge in [0.2, 0.25) is 0 Å². The minimum Gasteiger partial charge on any atom is -0.395 e. The number of nitrogens with zero attached hydrogens (tertiary/aromatic N) is 2. The average Bonchev–Trinajstić information content (AvgIpc) is 2.04. The van der Waals surface area contributed by atoms with Crippen LogP contribution in [0.25, 0.3) is 0 Å². The van der Waals surface area contributed by atoms with Crippen LogP contribution in [0, 0.1) is 11.3 Å². The average molecular weight is 172 g/mol. The molecule has 4 heteroatoms. The third-order valence-electron chi connectivity index (χ3n) is 1.78. The lowest BCUT2D eigenvalue weighted by Crippen LogP contribution is -2.37. The smallest absolute Gasteiger partial charge is 0.0638 e. The molecule has 1 unspecified atom stereocenters. The number of hydrogen-bond acceptors (Lipinski definition) is 4. The molecule has 4 nitrogen and oxygen atoms in total. The molecule has 0 radical (unpaired) electrons. The lowest BCUT2D eigenvalue weighted by Gasteiger charge is -2.25. The maximum Gasteiger partial charge on any atom is 0.0638 e. The molecule has 0 amide bonds. The van der Waals surface area contributed by atoms with E-state index in [1.807, 2.05) is 11.8 Å². The Hall–Kier alpha value is -0.630. The SMILES string of the molecule is CC(CC#N)N(CCO)CCO. The fraction of sp³-hybridized carbons (Fsp3) is 0.875. The van der Waals surface area contributed by atoms with Crippen LogP contribution in [0.15, 0.2) is 0 Å². The Bertz CT molecular complexity index is 138. The summed E-state index contributed by atoms with van der Waals surface area (Å²) in [7, 11) is 0. The summed E-state index contributed by atoms with van der Waals surface area (Å²) in [6.45, 7) is 3.08. The molecule has 0 rings (SSSR count). The van der Waals surface area contributed by atoms with E-state index in [0.29, 0.717) is 19.5 Å². The first kappa shape index (κ1) is 11.4. The highest BCUT2D eigenvalue weighted by atomic mass is 16.3. The van der Waals surface area contributed by atoms with E-state index in [1.165, 1.54) is 0 Å². The highest BCUT2D eigenvalue weighted by Gasteiger charge is 2.11. The normalized spacial score (nSPS) is 12.9. The van der Waals surface area contributed by atoms with Gasteiger partial charge in [0.05, 0.1) is 25.7 Å². The number of aliphatic hydroxyl groups is 2. The van der Waals surface area contributed by atoms with E-state index in [0.717, 1.165) is 0 Å². The van der Waals surface area contributed by atoms with Crippen molar-refractivity contribution in [1.82, 2.24) is 4.90 Å². The Morgan fingerprint density at radius 3 is 2.17 bits per heavy atom. The molecule has 0 saturated heterocycles. The van der Waals surface area contributed by atoms with Crippen molar-refractivity contribution >= 4 is 0 Å². The van der Waals surface area contributed by atoms with Gasteiger partial charge in [-0.3, -0.25) is 4.90 Å². The summed E-state index contributed by atoms with van der Waals surface area (Å²) in [5.74, 6) is 0. The summed E-state index contributed by atoms with van der Waals surface area (Å²) in [5, 5.41) is 25.8. The molecule has 0 bridgehead atoms. The van der Waals surface area contributed by atoms with Crippen LogP contribution < -0.4 is 0 Å². The number of hydrogen-bond donors (Lipinski definition) is 2. The van der Waals surface area contributed by atoms with Gasteiger partial charge in [0.15, 0.2) is 0 Å². The standard InChI is InChI=1S/C8H16N2O2/c1-8(2-3-9)10(4-6-11)5-7-12/h8,11-12H,2,4-7H2,1H3. The predicted octanol–water partition coefficient (Wildman–Crippen LogP) is -0.425. The van der Waals surface area contributed by atoms with Gasteiger partial charge in [0.1, 0.15) is 0 Å². The van der Waals surface area contributed by atoms with Crippen molar-refractivity contribution < 1.29 is 10.2 Å². The molecule has 0 aromatic rings. The summed E-state index contributed by atoms with van der Waals surface area (Å²) in [6, 6.07) is 2.17. The molecule has 0 aromatic carbocycles. The van der Waals surface area contributed by atoms with Crippen LogP contribution >= 0.6 is 0 Å². The molecule has 0 aliphatic carbocycles. The van der Waals surface area contributed by atoms with Gasteiger partial charge in [0, 0.05) is 19.1 Å². The fourth-order valence-electron chi connectivity index (χ4n) is 1.07. The molecule has 0 aliphatic heterocycles. The monoisotopic (exact) mass is 172 g/mol. The molecule has 2 N–H and O–H groups in total. The van der Waals surface area contributed by atoms with Gasteiger partial charge in [-0.15, -0.1) is 0 Å². The van der Waals surface area contributed by atoms with E-state index in [2.05, 4.69) is 6.07 Å². The number of rotatable bonds is 6. The first-order valence-electron chi connectivity index (χ1n) is 4.09. The van der Waals surface area contributed by atoms with Gasteiger partial charge in [-0.1, -0.05) is 0 Å². The molecule has 12 heavy (non-hydrogen) atoms. The van der Waals surface area contributed by atoms with Crippen LogP contribution in [0.1, 0.15) is 13.3 Å². The molecule has 70 valence electrons. The summed E-state index contributed by atoms with van der Waals surface area (Å²) >= 11 is 0. The van der Waals surface area contributed by atoms with Crippen LogP contribution in [-0.2, 0) is 0 Å². The molecule has 0 spiro atoms. The van der Waals surface area contributed by atoms with Crippen LogP contribution in [-0.4, -0.2) is 47.5 Å². The second-order valence-electron chi connectivity index (χ2n) is 2.69. The lowest BCUT2D eigenvalue weighted by atomic mass is 10.2. The Morgan fingerprint density at radius 1 is 1.33 bits per heavy atom. The Morgan fingerprint density at radius 2 is 1.83 bits per heavy atom. The third-order valence-corrected chi connectivity index (χ3v) is 1.78. The van der Waals surface area contributed by atoms with Gasteiger partial charge in [0.25, 0.3) is 0 Å². The van der Waals surface area contributed by atoms with E-state index in [1.54, 1.807) is 0 Å². The molecular formula is C8H16N2O2. The van der Waals surface area contributed by atoms with Gasteiger partial charge < -0.3 is 10.2 Å². The van der Waals surface area contributed by atoms with Gasteiger partial charge in [-0.05, 0) is 6.92 Å². The van der Waals surface area contributed by atoms with Crippen molar-refractivity contribution in [3.05, 3.63) is 0 Å². The molecule has 0 heterocycles. The second-order valence-corrected chi connectivity index (χ2v) is 2.69. The third kappa shape index (κ3) is 4.29. The maximum atomic E-state index is 8.67. The summed E-state index contributed by atoms with van der Waals surface area (Å²) in [4.78, 5) is 1.89. The van der Waals surface area contributed by atoms with Gasteiger partial charge in [-0.2, -0.15) is 5.26 Å². The van der Waals surface area contributed by atoms with E-state index in [-0.39, 0.29) is 19.3 Å². The Kier molecular flexibility index (Phi) is 6.67. The summed E-state index contributed by atoms with van der Waals surface area (Å²) < 4.78 is 0. The van der Waals surface area contributed by atoms with Gasteiger partial charge in [-0.25, -0.2) is 0 Å². The molecule has 0 fully saturated rings. The predicted molar refractivity (Wildman–Crippen MR) is 45.4 cm³/mol. The van der Waals surface area contributed by atoms with Crippen molar-refractivity contribution in [2.75, 3.05) is 26.3 Å². The van der Waals surface area contributed by atoms with Crippen LogP contribution in [0.3, 0.4) is 0 Å². The van der Waals surface area contributed by atoms with Crippen molar-refractivity contribution in [2.24, 2.45) is 0 Å². The Labute approximate surface area is 73.0 Å². The quantitative estimate of drug-likeness (QED) is 0.571. The van der Waals surface area contributed by atoms with E-state index in [9.17, 15) is 0 Å². The maximum absolute atomic E-state index is 8.67. The van der Waals surface area contributed by atoms with Crippen LogP contribution in [0.2, 0.25) is 0 Å². The minimum absolute atomic E-state index is 0.0652. The Balaban J connectivity index is 3.82. The van der Waals surface area contributed by atoms with E-state index < -0.39 is 0 Å². The van der Waals surface area contributed by atoms with E-state index in [4.69, 9.17) is 15.5 Å². The number of aliphatic hydroxyl groups excluding tert-OH is 2. The molecule has 0 aliphatic rings. The fourth-order valence-corrected chi connectivity index (χ4v) is 1.07. The minimum atomic E-state index is 0.0652.